The van der Waals surface area contributed by atoms with Crippen molar-refractivity contribution in [1.29, 1.82) is 0 Å². The minimum absolute atomic E-state index is 0. The normalized spacial score (nSPS) is 17.0. The van der Waals surface area contributed by atoms with Gasteiger partial charge in [0.25, 0.3) is 0 Å². The number of rotatable bonds is 10. The molecule has 1 aromatic heterocycles. The molecule has 4 rings (SSSR count). The average Bonchev–Trinajstić information content (AvgIpc) is 3.29. The minimum Gasteiger partial charge on any atom is -0.748 e. The third-order valence-electron chi connectivity index (χ3n) is 7.68. The molecule has 1 aromatic carbocycles. The van der Waals surface area contributed by atoms with E-state index in [0.717, 1.165) is 57.9 Å². The van der Waals surface area contributed by atoms with E-state index in [1.54, 1.807) is 0 Å². The quantitative estimate of drug-likeness (QED) is 0.110. The van der Waals surface area contributed by atoms with Crippen molar-refractivity contribution < 1.29 is 89.3 Å². The maximum absolute atomic E-state index is 11.2. The van der Waals surface area contributed by atoms with Crippen LogP contribution < -0.4 is 68.6 Å². The summed E-state index contributed by atoms with van der Waals surface area (Å²) in [5.41, 5.74) is 4.61. The summed E-state index contributed by atoms with van der Waals surface area (Å²) in [6.07, 6.45) is 12.4. The van der Waals surface area contributed by atoms with Gasteiger partial charge in [0.05, 0.1) is 32.7 Å². The molecule has 0 unspecified atom stereocenters. The number of fused-ring (bicyclic) bond motifs is 2. The van der Waals surface area contributed by atoms with Gasteiger partial charge in [-0.3, -0.25) is 0 Å². The molecule has 0 aliphatic carbocycles. The third-order valence-corrected chi connectivity index (χ3v) is 9.20. The van der Waals surface area contributed by atoms with Crippen molar-refractivity contribution in [2.45, 2.75) is 71.3 Å². The van der Waals surface area contributed by atoms with Gasteiger partial charge in [-0.15, -0.1) is 24.3 Å². The van der Waals surface area contributed by atoms with Crippen LogP contribution in [-0.2, 0) is 38.1 Å². The fourth-order valence-electron chi connectivity index (χ4n) is 5.40. The Morgan fingerprint density at radius 3 is 2.41 bits per heavy atom. The molecule has 2 aliphatic rings. The van der Waals surface area contributed by atoms with Crippen LogP contribution in [0.5, 0.6) is 0 Å². The number of aromatic nitrogens is 1. The van der Waals surface area contributed by atoms with Crippen molar-refractivity contribution in [2.75, 3.05) is 17.2 Å². The molecule has 9 nitrogen and oxygen atoms in total. The van der Waals surface area contributed by atoms with Crippen molar-refractivity contribution in [1.82, 2.24) is 0 Å². The van der Waals surface area contributed by atoms with Gasteiger partial charge in [-0.1, -0.05) is 60.4 Å². The molecule has 0 saturated heterocycles. The number of aliphatic imine (C=N–C) groups is 1. The molecule has 0 radical (unpaired) electrons. The van der Waals surface area contributed by atoms with Gasteiger partial charge in [0.2, 0.25) is 0 Å². The Kier molecular flexibility index (Phi) is 17.3. The van der Waals surface area contributed by atoms with Crippen LogP contribution in [0.25, 0.3) is 0 Å². The first-order valence-electron chi connectivity index (χ1n) is 14.1. The fraction of sp³-hybridized carbons (Fsp3) is 0.419. The predicted octanol–water partition coefficient (Wildman–Crippen LogP) is 0.0474. The molecule has 0 spiro atoms. The summed E-state index contributed by atoms with van der Waals surface area (Å²) in [6.45, 7) is 12.1. The molecule has 3 heterocycles. The van der Waals surface area contributed by atoms with E-state index in [9.17, 15) is 13.0 Å². The summed E-state index contributed by atoms with van der Waals surface area (Å²) in [7, 11) is -7.38. The molecule has 0 saturated carbocycles. The number of hydrogen-bond acceptors (Lipinski definition) is 8. The molecular formula is C31H36BrClN3Na2O6S2+. The molecule has 0 bridgehead atoms. The number of pyridine rings is 1. The van der Waals surface area contributed by atoms with E-state index in [-0.39, 0.29) is 76.4 Å². The zero-order valence-corrected chi connectivity index (χ0v) is 35.3. The Morgan fingerprint density at radius 2 is 1.80 bits per heavy atom. The summed E-state index contributed by atoms with van der Waals surface area (Å²) in [6, 6.07) is 11.0. The summed E-state index contributed by atoms with van der Waals surface area (Å²) >= 11 is 10.2. The maximum atomic E-state index is 11.2. The van der Waals surface area contributed by atoms with Crippen LogP contribution in [0, 0.1) is 6.07 Å². The van der Waals surface area contributed by atoms with Crippen LogP contribution in [0.2, 0.25) is 5.02 Å². The smallest absolute Gasteiger partial charge is 0.748 e. The van der Waals surface area contributed by atoms with Gasteiger partial charge < -0.3 is 9.45 Å². The zero-order chi connectivity index (χ0) is 32.9. The van der Waals surface area contributed by atoms with Gasteiger partial charge in [-0.25, -0.2) is 13.0 Å². The Bertz CT molecular complexity index is 1750. The number of aryl methyl sites for hydroxylation is 1. The first kappa shape index (κ1) is 43.4. The molecule has 2 aromatic rings. The number of halogens is 2. The monoisotopic (exact) mass is 770 g/mol. The third kappa shape index (κ3) is 11.2. The van der Waals surface area contributed by atoms with E-state index in [0.29, 0.717) is 11.6 Å². The van der Waals surface area contributed by atoms with Crippen molar-refractivity contribution in [3.8, 4) is 0 Å². The van der Waals surface area contributed by atoms with Crippen LogP contribution >= 0.6 is 27.5 Å². The van der Waals surface area contributed by atoms with Crippen LogP contribution in [0.15, 0.2) is 69.9 Å². The summed E-state index contributed by atoms with van der Waals surface area (Å²) in [4.78, 5) is 7.11. The molecule has 46 heavy (non-hydrogen) atoms. The van der Waals surface area contributed by atoms with Gasteiger partial charge in [0, 0.05) is 22.5 Å². The van der Waals surface area contributed by atoms with Gasteiger partial charge in [0.15, 0.2) is 5.71 Å². The Morgan fingerprint density at radius 1 is 1.15 bits per heavy atom. The number of anilines is 1. The van der Waals surface area contributed by atoms with E-state index in [4.69, 9.17) is 29.2 Å². The Labute approximate surface area is 331 Å². The second-order valence-electron chi connectivity index (χ2n) is 11.5. The zero-order valence-electron chi connectivity index (χ0n) is 27.3. The number of nitrogens with zero attached hydrogens (tertiary/aromatic N) is 3. The second kappa shape index (κ2) is 18.4. The Hall–Kier alpha value is -0.640. The van der Waals surface area contributed by atoms with Crippen molar-refractivity contribution in [3.05, 3.63) is 87.2 Å². The van der Waals surface area contributed by atoms with E-state index in [2.05, 4.69) is 72.2 Å². The average molecular weight is 772 g/mol. The van der Waals surface area contributed by atoms with E-state index in [1.165, 1.54) is 0 Å². The first-order chi connectivity index (χ1) is 20.5. The summed E-state index contributed by atoms with van der Waals surface area (Å²) < 4.78 is 62.0. The predicted molar refractivity (Wildman–Crippen MR) is 175 cm³/mol. The second-order valence-corrected chi connectivity index (χ2v) is 14.8. The molecule has 0 N–H and O–H groups in total. The van der Waals surface area contributed by atoms with Gasteiger partial charge in [-0.05, 0) is 67.5 Å². The molecule has 0 amide bonds. The van der Waals surface area contributed by atoms with Crippen LogP contribution in [0.4, 0.5) is 11.5 Å². The van der Waals surface area contributed by atoms with Crippen molar-refractivity contribution in [3.63, 3.8) is 0 Å². The van der Waals surface area contributed by atoms with Gasteiger partial charge >= 0.3 is 75.5 Å². The minimum atomic E-state index is -4.27. The molecule has 0 fully saturated rings. The molecule has 0 atom stereocenters. The van der Waals surface area contributed by atoms with Crippen LogP contribution in [0.3, 0.4) is 0 Å². The number of unbranched alkanes of at least 4 members (excludes halogenated alkanes) is 1. The molecule has 2 aliphatic heterocycles. The van der Waals surface area contributed by atoms with Crippen molar-refractivity contribution in [2.24, 2.45) is 4.99 Å². The van der Waals surface area contributed by atoms with Gasteiger partial charge in [0.1, 0.15) is 6.20 Å². The SMILES string of the molecule is CCCC[n+]1cc(Cl)cc2c1N=C(/C=C/C(Br)=C/C=C1/N(CCCS(=O)(=O)[O-])c3cc[c-]cc3C1(C)C)C2(C)C.O=S(=O)=O.[Na+].[Na+]. The van der Waals surface area contributed by atoms with Gasteiger partial charge in [-0.2, -0.15) is 18.2 Å². The molecule has 238 valence electrons. The summed E-state index contributed by atoms with van der Waals surface area (Å²) in [5, 5.41) is 0.714. The number of hydrogen-bond donors (Lipinski definition) is 0. The molecular weight excluding hydrogens is 736 g/mol. The van der Waals surface area contributed by atoms with Crippen molar-refractivity contribution >= 4 is 65.5 Å². The van der Waals surface area contributed by atoms with Crippen LogP contribution in [-0.4, -0.2) is 43.6 Å². The van der Waals surface area contributed by atoms with Crippen LogP contribution in [0.1, 0.15) is 65.0 Å². The largest absolute Gasteiger partial charge is 1.00 e. The topological polar surface area (TPSA) is 128 Å². The fourth-order valence-corrected chi connectivity index (χ4v) is 6.37. The van der Waals surface area contributed by atoms with E-state index in [1.807, 2.05) is 48.7 Å². The number of benzene rings is 1. The number of allylic oxidation sites excluding steroid dienone is 6. The standard InChI is InChI=1S/C31H37BrClN3O3S.2Na.O3S/c1-6-7-17-35-21-23(33)20-25-29(35)34-27(30(25,2)3)15-13-22(32)14-16-28-31(4,5)24-11-8-9-12-26(24)36(28)18-10-19-40(37,38)39;;;1-4(2)3/h9,11-16,20-21H,6-7,10,17-19H2,1-5H3,(H,37,38,39);;;/q;2*+1;/p-1. The maximum Gasteiger partial charge on any atom is 1.00 e. The Balaban J connectivity index is 0.00000166. The summed E-state index contributed by atoms with van der Waals surface area (Å²) in [5.74, 6) is 0.570. The van der Waals surface area contributed by atoms with E-state index < -0.39 is 26.5 Å². The molecule has 15 heteroatoms. The van der Waals surface area contributed by atoms with E-state index >= 15 is 0 Å². The first-order valence-corrected chi connectivity index (χ1v) is 17.8.